The monoisotopic (exact) mass is 389 g/mol. The Balaban J connectivity index is 1.59. The standard InChI is InChI=1S/C25H31N3O/c1-18-15-20(3)28(27-18)17-21-11-13-22(14-12-21)24(29)26-19(2)16-25(4,5)23-9-7-6-8-10-23/h6-15,19H,16-17H2,1-5H3,(H,26,29)/t19-/m0/s1. The van der Waals surface area contributed by atoms with Crippen LogP contribution in [0.2, 0.25) is 0 Å². The summed E-state index contributed by atoms with van der Waals surface area (Å²) in [6.07, 6.45) is 0.874. The average molecular weight is 390 g/mol. The summed E-state index contributed by atoms with van der Waals surface area (Å²) in [5.74, 6) is -0.0287. The number of aryl methyl sites for hydroxylation is 2. The highest BCUT2D eigenvalue weighted by Gasteiger charge is 2.24. The summed E-state index contributed by atoms with van der Waals surface area (Å²) in [5.41, 5.74) is 5.26. The Hall–Kier alpha value is -2.88. The van der Waals surface area contributed by atoms with Crippen molar-refractivity contribution >= 4 is 5.91 Å². The first-order chi connectivity index (χ1) is 13.7. The summed E-state index contributed by atoms with van der Waals surface area (Å²) in [4.78, 5) is 12.7. The van der Waals surface area contributed by atoms with Crippen LogP contribution in [-0.4, -0.2) is 21.7 Å². The minimum absolute atomic E-state index is 0.00241. The highest BCUT2D eigenvalue weighted by Crippen LogP contribution is 2.28. The lowest BCUT2D eigenvalue weighted by molar-refractivity contribution is 0.0934. The van der Waals surface area contributed by atoms with Gasteiger partial charge in [0.2, 0.25) is 0 Å². The van der Waals surface area contributed by atoms with Crippen molar-refractivity contribution in [3.8, 4) is 0 Å². The van der Waals surface area contributed by atoms with Crippen LogP contribution in [-0.2, 0) is 12.0 Å². The van der Waals surface area contributed by atoms with Crippen LogP contribution in [0.5, 0.6) is 0 Å². The van der Waals surface area contributed by atoms with Gasteiger partial charge in [-0.15, -0.1) is 0 Å². The zero-order chi connectivity index (χ0) is 21.0. The molecule has 2 aromatic carbocycles. The van der Waals surface area contributed by atoms with E-state index >= 15 is 0 Å². The molecule has 0 radical (unpaired) electrons. The Labute approximate surface area is 174 Å². The fraction of sp³-hybridized carbons (Fsp3) is 0.360. The van der Waals surface area contributed by atoms with Gasteiger partial charge in [0, 0.05) is 17.3 Å². The Kier molecular flexibility index (Phi) is 6.21. The lowest BCUT2D eigenvalue weighted by Crippen LogP contribution is -2.37. The highest BCUT2D eigenvalue weighted by molar-refractivity contribution is 5.94. The molecule has 0 bridgehead atoms. The maximum absolute atomic E-state index is 12.7. The van der Waals surface area contributed by atoms with Gasteiger partial charge in [0.05, 0.1) is 12.2 Å². The van der Waals surface area contributed by atoms with E-state index in [0.717, 1.165) is 23.4 Å². The molecule has 0 saturated carbocycles. The number of nitrogens with zero attached hydrogens (tertiary/aromatic N) is 2. The minimum Gasteiger partial charge on any atom is -0.350 e. The molecule has 29 heavy (non-hydrogen) atoms. The van der Waals surface area contributed by atoms with Crippen molar-refractivity contribution in [2.75, 3.05) is 0 Å². The largest absolute Gasteiger partial charge is 0.350 e. The molecule has 1 atom stereocenters. The second-order valence-corrected chi connectivity index (χ2v) is 8.61. The molecular formula is C25H31N3O. The van der Waals surface area contributed by atoms with Gasteiger partial charge in [-0.25, -0.2) is 0 Å². The molecule has 3 aromatic rings. The summed E-state index contributed by atoms with van der Waals surface area (Å²) >= 11 is 0. The molecule has 0 saturated heterocycles. The number of hydrogen-bond acceptors (Lipinski definition) is 2. The molecule has 0 fully saturated rings. The fourth-order valence-electron chi connectivity index (χ4n) is 3.90. The van der Waals surface area contributed by atoms with E-state index in [9.17, 15) is 4.79 Å². The fourth-order valence-corrected chi connectivity index (χ4v) is 3.90. The molecule has 1 N–H and O–H groups in total. The van der Waals surface area contributed by atoms with Gasteiger partial charge in [-0.2, -0.15) is 5.10 Å². The van der Waals surface area contributed by atoms with Crippen molar-refractivity contribution in [1.82, 2.24) is 15.1 Å². The van der Waals surface area contributed by atoms with E-state index in [1.807, 2.05) is 41.9 Å². The smallest absolute Gasteiger partial charge is 0.251 e. The van der Waals surface area contributed by atoms with E-state index in [1.165, 1.54) is 5.56 Å². The predicted octanol–water partition coefficient (Wildman–Crippen LogP) is 5.03. The maximum Gasteiger partial charge on any atom is 0.251 e. The number of carbonyl (C=O) groups is 1. The lowest BCUT2D eigenvalue weighted by atomic mass is 9.79. The van der Waals surface area contributed by atoms with Crippen molar-refractivity contribution in [3.63, 3.8) is 0 Å². The lowest BCUT2D eigenvalue weighted by Gasteiger charge is -2.29. The zero-order valence-corrected chi connectivity index (χ0v) is 18.1. The van der Waals surface area contributed by atoms with E-state index in [0.29, 0.717) is 12.1 Å². The SMILES string of the molecule is Cc1cc(C)n(Cc2ccc(C(=O)N[C@@H](C)CC(C)(C)c3ccccc3)cc2)n1. The van der Waals surface area contributed by atoms with Crippen LogP contribution >= 0.6 is 0 Å². The van der Waals surface area contributed by atoms with Gasteiger partial charge in [-0.05, 0) is 61.9 Å². The highest BCUT2D eigenvalue weighted by atomic mass is 16.1. The number of amides is 1. The molecule has 0 aliphatic heterocycles. The number of hydrogen-bond donors (Lipinski definition) is 1. The summed E-state index contributed by atoms with van der Waals surface area (Å²) < 4.78 is 1.98. The van der Waals surface area contributed by atoms with Crippen molar-refractivity contribution in [1.29, 1.82) is 0 Å². The third-order valence-corrected chi connectivity index (χ3v) is 5.40. The van der Waals surface area contributed by atoms with E-state index in [-0.39, 0.29) is 17.4 Å². The molecule has 0 aliphatic carbocycles. The molecule has 0 unspecified atom stereocenters. The van der Waals surface area contributed by atoms with Gasteiger partial charge in [0.25, 0.3) is 5.91 Å². The topological polar surface area (TPSA) is 46.9 Å². The zero-order valence-electron chi connectivity index (χ0n) is 18.1. The van der Waals surface area contributed by atoms with Crippen molar-refractivity contribution in [3.05, 3.63) is 88.7 Å². The Bertz CT molecular complexity index is 955. The normalized spacial score (nSPS) is 12.6. The van der Waals surface area contributed by atoms with Crippen molar-refractivity contribution < 1.29 is 4.79 Å². The van der Waals surface area contributed by atoms with Crippen LogP contribution in [0.1, 0.15) is 60.1 Å². The molecule has 0 spiro atoms. The Morgan fingerprint density at radius 3 is 2.31 bits per heavy atom. The second kappa shape index (κ2) is 8.64. The number of benzene rings is 2. The van der Waals surface area contributed by atoms with Gasteiger partial charge in [0.15, 0.2) is 0 Å². The van der Waals surface area contributed by atoms with Crippen LogP contribution in [0.4, 0.5) is 0 Å². The molecule has 152 valence electrons. The molecule has 4 heteroatoms. The third-order valence-electron chi connectivity index (χ3n) is 5.40. The Morgan fingerprint density at radius 1 is 1.07 bits per heavy atom. The van der Waals surface area contributed by atoms with Crippen LogP contribution in [0.3, 0.4) is 0 Å². The number of nitrogens with one attached hydrogen (secondary N) is 1. The quantitative estimate of drug-likeness (QED) is 0.616. The van der Waals surface area contributed by atoms with Gasteiger partial charge in [0.1, 0.15) is 0 Å². The molecule has 1 aromatic heterocycles. The summed E-state index contributed by atoms with van der Waals surface area (Å²) in [7, 11) is 0. The molecule has 1 amide bonds. The van der Waals surface area contributed by atoms with Crippen LogP contribution in [0.25, 0.3) is 0 Å². The first kappa shape index (κ1) is 20.8. The van der Waals surface area contributed by atoms with E-state index in [2.05, 4.69) is 68.4 Å². The average Bonchev–Trinajstić information content (AvgIpc) is 2.99. The van der Waals surface area contributed by atoms with Crippen molar-refractivity contribution in [2.24, 2.45) is 0 Å². The van der Waals surface area contributed by atoms with E-state index in [4.69, 9.17) is 0 Å². The van der Waals surface area contributed by atoms with E-state index < -0.39 is 0 Å². The molecule has 4 nitrogen and oxygen atoms in total. The van der Waals surface area contributed by atoms with Crippen LogP contribution in [0.15, 0.2) is 60.7 Å². The van der Waals surface area contributed by atoms with E-state index in [1.54, 1.807) is 0 Å². The molecule has 3 rings (SSSR count). The number of aromatic nitrogens is 2. The first-order valence-electron chi connectivity index (χ1n) is 10.2. The van der Waals surface area contributed by atoms with Gasteiger partial charge in [-0.1, -0.05) is 56.3 Å². The molecular weight excluding hydrogens is 358 g/mol. The maximum atomic E-state index is 12.7. The summed E-state index contributed by atoms with van der Waals surface area (Å²) in [6.45, 7) is 11.3. The van der Waals surface area contributed by atoms with Crippen molar-refractivity contribution in [2.45, 2.75) is 59.0 Å². The summed E-state index contributed by atoms with van der Waals surface area (Å²) in [6, 6.07) is 20.4. The predicted molar refractivity (Wildman–Crippen MR) is 118 cm³/mol. The van der Waals surface area contributed by atoms with Crippen LogP contribution < -0.4 is 5.32 Å². The van der Waals surface area contributed by atoms with Crippen LogP contribution in [0, 0.1) is 13.8 Å². The van der Waals surface area contributed by atoms with Gasteiger partial charge < -0.3 is 5.32 Å². The van der Waals surface area contributed by atoms with Gasteiger partial charge >= 0.3 is 0 Å². The third kappa shape index (κ3) is 5.35. The Morgan fingerprint density at radius 2 is 1.72 bits per heavy atom. The number of rotatable bonds is 7. The minimum atomic E-state index is -0.0287. The molecule has 0 aliphatic rings. The van der Waals surface area contributed by atoms with Gasteiger partial charge in [-0.3, -0.25) is 9.48 Å². The first-order valence-corrected chi connectivity index (χ1v) is 10.2. The summed E-state index contributed by atoms with van der Waals surface area (Å²) in [5, 5.41) is 7.65. The molecule has 1 heterocycles. The second-order valence-electron chi connectivity index (χ2n) is 8.61. The number of carbonyl (C=O) groups excluding carboxylic acids is 1.